The first kappa shape index (κ1) is 27.2. The monoisotopic (exact) mass is 520 g/mol. The molecule has 0 radical (unpaired) electrons. The molecule has 6 nitrogen and oxygen atoms in total. The molecular weight excluding hydrogens is 493 g/mol. The highest BCUT2D eigenvalue weighted by Crippen LogP contribution is 2.32. The lowest BCUT2D eigenvalue weighted by Gasteiger charge is -2.20. The van der Waals surface area contributed by atoms with Crippen LogP contribution >= 0.6 is 0 Å². The third-order valence-corrected chi connectivity index (χ3v) is 6.72. The van der Waals surface area contributed by atoms with Crippen molar-refractivity contribution in [2.75, 3.05) is 13.4 Å². The Morgan fingerprint density at radius 1 is 1.17 bits per heavy atom. The van der Waals surface area contributed by atoms with Gasteiger partial charge in [0.05, 0.1) is 28.4 Å². The fourth-order valence-corrected chi connectivity index (χ4v) is 4.63. The molecule has 0 saturated heterocycles. The van der Waals surface area contributed by atoms with Gasteiger partial charge in [-0.15, -0.1) is 0 Å². The topological polar surface area (TPSA) is 77.4 Å². The first-order valence-corrected chi connectivity index (χ1v) is 12.6. The Labute approximate surface area is 209 Å². The third kappa shape index (κ3) is 5.70. The molecule has 1 aromatic heterocycles. The van der Waals surface area contributed by atoms with Crippen molar-refractivity contribution < 1.29 is 26.9 Å². The van der Waals surface area contributed by atoms with Gasteiger partial charge in [-0.2, -0.15) is 13.2 Å². The van der Waals surface area contributed by atoms with Crippen LogP contribution in [0.2, 0.25) is 0 Å². The number of amides is 1. The molecule has 0 aliphatic heterocycles. The SMILES string of the molecule is COc1cc(CNC(=O)c2cn(C(C)C)c(C)c(-c3cccc(C(F)(F)F)c3)c2=O)ccc1S(C)=O. The predicted octanol–water partition coefficient (Wildman–Crippen LogP) is 5.10. The van der Waals surface area contributed by atoms with E-state index in [9.17, 15) is 27.0 Å². The molecule has 1 unspecified atom stereocenters. The number of carbonyl (C=O) groups excluding carboxylic acids is 1. The number of rotatable bonds is 7. The van der Waals surface area contributed by atoms with Crippen molar-refractivity contribution in [3.63, 3.8) is 0 Å². The van der Waals surface area contributed by atoms with Crippen LogP contribution in [0.5, 0.6) is 5.75 Å². The van der Waals surface area contributed by atoms with E-state index in [0.29, 0.717) is 21.9 Å². The van der Waals surface area contributed by atoms with E-state index in [1.54, 1.807) is 29.7 Å². The van der Waals surface area contributed by atoms with E-state index in [0.717, 1.165) is 12.1 Å². The molecule has 1 amide bonds. The number of aromatic nitrogens is 1. The Hall–Kier alpha value is -3.40. The third-order valence-electron chi connectivity index (χ3n) is 5.76. The number of halogens is 3. The van der Waals surface area contributed by atoms with Crippen LogP contribution in [0.25, 0.3) is 11.1 Å². The van der Waals surface area contributed by atoms with Gasteiger partial charge in [0.15, 0.2) is 0 Å². The zero-order valence-corrected chi connectivity index (χ0v) is 21.3. The second-order valence-corrected chi connectivity index (χ2v) is 9.88. The summed E-state index contributed by atoms with van der Waals surface area (Å²) in [6.07, 6.45) is -1.62. The molecule has 0 bridgehead atoms. The highest BCUT2D eigenvalue weighted by Gasteiger charge is 2.31. The number of ether oxygens (including phenoxy) is 1. The van der Waals surface area contributed by atoms with Crippen LogP contribution in [0.1, 0.15) is 47.1 Å². The van der Waals surface area contributed by atoms with Crippen LogP contribution in [-0.2, 0) is 23.5 Å². The van der Waals surface area contributed by atoms with Gasteiger partial charge < -0.3 is 14.6 Å². The van der Waals surface area contributed by atoms with Crippen LogP contribution in [0.3, 0.4) is 0 Å². The number of carbonyl (C=O) groups is 1. The molecule has 1 atom stereocenters. The number of pyridine rings is 1. The Kier molecular flexibility index (Phi) is 8.08. The molecule has 0 aliphatic rings. The van der Waals surface area contributed by atoms with E-state index >= 15 is 0 Å². The smallest absolute Gasteiger partial charge is 0.416 e. The largest absolute Gasteiger partial charge is 0.495 e. The summed E-state index contributed by atoms with van der Waals surface area (Å²) in [6, 6.07) is 9.34. The van der Waals surface area contributed by atoms with Gasteiger partial charge in [0, 0.05) is 36.3 Å². The molecule has 3 aromatic rings. The number of nitrogens with one attached hydrogen (secondary N) is 1. The Balaban J connectivity index is 2.02. The zero-order valence-electron chi connectivity index (χ0n) is 20.5. The molecule has 2 aromatic carbocycles. The van der Waals surface area contributed by atoms with Gasteiger partial charge in [0.2, 0.25) is 5.43 Å². The highest BCUT2D eigenvalue weighted by molar-refractivity contribution is 7.84. The lowest BCUT2D eigenvalue weighted by atomic mass is 9.98. The Morgan fingerprint density at radius 2 is 1.86 bits per heavy atom. The van der Waals surface area contributed by atoms with Gasteiger partial charge in [-0.05, 0) is 56.2 Å². The lowest BCUT2D eigenvalue weighted by Crippen LogP contribution is -2.31. The van der Waals surface area contributed by atoms with E-state index in [1.807, 2.05) is 13.8 Å². The van der Waals surface area contributed by atoms with Crippen molar-refractivity contribution in [2.45, 2.75) is 44.4 Å². The van der Waals surface area contributed by atoms with Crippen molar-refractivity contribution in [2.24, 2.45) is 0 Å². The molecule has 0 saturated carbocycles. The van der Waals surface area contributed by atoms with Crippen molar-refractivity contribution in [1.82, 2.24) is 9.88 Å². The van der Waals surface area contributed by atoms with Gasteiger partial charge in [-0.3, -0.25) is 13.8 Å². The maximum absolute atomic E-state index is 13.4. The normalized spacial score (nSPS) is 12.5. The zero-order chi connectivity index (χ0) is 26.8. The fraction of sp³-hybridized carbons (Fsp3) is 0.308. The lowest BCUT2D eigenvalue weighted by molar-refractivity contribution is -0.137. The molecule has 192 valence electrons. The molecule has 3 rings (SSSR count). The number of hydrogen-bond donors (Lipinski definition) is 1. The van der Waals surface area contributed by atoms with Crippen LogP contribution in [-0.4, -0.2) is 28.0 Å². The average molecular weight is 521 g/mol. The maximum Gasteiger partial charge on any atom is 0.416 e. The van der Waals surface area contributed by atoms with Gasteiger partial charge in [0.1, 0.15) is 11.3 Å². The van der Waals surface area contributed by atoms with E-state index in [4.69, 9.17) is 4.74 Å². The van der Waals surface area contributed by atoms with Crippen LogP contribution in [0.4, 0.5) is 13.2 Å². The van der Waals surface area contributed by atoms with Gasteiger partial charge >= 0.3 is 6.18 Å². The first-order chi connectivity index (χ1) is 16.8. The molecule has 36 heavy (non-hydrogen) atoms. The number of alkyl halides is 3. The van der Waals surface area contributed by atoms with Crippen molar-refractivity contribution >= 4 is 16.7 Å². The first-order valence-electron chi connectivity index (χ1n) is 11.1. The number of methoxy groups -OCH3 is 1. The Morgan fingerprint density at radius 3 is 2.44 bits per heavy atom. The summed E-state index contributed by atoms with van der Waals surface area (Å²) in [4.78, 5) is 27.0. The van der Waals surface area contributed by atoms with E-state index in [1.165, 1.54) is 31.7 Å². The predicted molar refractivity (Wildman–Crippen MR) is 133 cm³/mol. The molecule has 1 N–H and O–H groups in total. The summed E-state index contributed by atoms with van der Waals surface area (Å²) in [6.45, 7) is 5.39. The van der Waals surface area contributed by atoms with E-state index in [-0.39, 0.29) is 29.3 Å². The minimum absolute atomic E-state index is 0.0406. The fourth-order valence-electron chi connectivity index (χ4n) is 3.95. The highest BCUT2D eigenvalue weighted by atomic mass is 32.2. The average Bonchev–Trinajstić information content (AvgIpc) is 2.81. The second-order valence-electron chi connectivity index (χ2n) is 8.53. The minimum Gasteiger partial charge on any atom is -0.495 e. The standard InChI is InChI=1S/C26H27F3N2O4S/c1-15(2)31-14-20(25(33)30-13-17-9-10-22(36(5)34)21(11-17)35-4)24(32)23(16(31)3)18-7-6-8-19(12-18)26(27,28)29/h6-12,14-15H,13H2,1-5H3,(H,30,33). The maximum atomic E-state index is 13.4. The van der Waals surface area contributed by atoms with Crippen LogP contribution in [0.15, 0.2) is 58.4 Å². The molecular formula is C26H27F3N2O4S. The van der Waals surface area contributed by atoms with Crippen LogP contribution < -0.4 is 15.5 Å². The van der Waals surface area contributed by atoms with Crippen molar-refractivity contribution in [1.29, 1.82) is 0 Å². The van der Waals surface area contributed by atoms with Gasteiger partial charge in [0.25, 0.3) is 5.91 Å². The van der Waals surface area contributed by atoms with E-state index < -0.39 is 33.9 Å². The molecule has 0 spiro atoms. The van der Waals surface area contributed by atoms with Crippen molar-refractivity contribution in [3.05, 3.63) is 81.3 Å². The molecule has 0 fully saturated rings. The summed E-state index contributed by atoms with van der Waals surface area (Å²) in [5.41, 5.74) is -0.476. The van der Waals surface area contributed by atoms with Crippen molar-refractivity contribution in [3.8, 4) is 16.9 Å². The minimum atomic E-state index is -4.57. The molecule has 1 heterocycles. The van der Waals surface area contributed by atoms with Gasteiger partial charge in [-0.1, -0.05) is 18.2 Å². The molecule has 10 heteroatoms. The molecule has 0 aliphatic carbocycles. The summed E-state index contributed by atoms with van der Waals surface area (Å²) >= 11 is 0. The summed E-state index contributed by atoms with van der Waals surface area (Å²) in [7, 11) is 0.190. The summed E-state index contributed by atoms with van der Waals surface area (Å²) < 4.78 is 58.7. The van der Waals surface area contributed by atoms with E-state index in [2.05, 4.69) is 5.32 Å². The van der Waals surface area contributed by atoms with Crippen LogP contribution in [0, 0.1) is 6.92 Å². The number of benzene rings is 2. The second kappa shape index (κ2) is 10.7. The summed E-state index contributed by atoms with van der Waals surface area (Å²) in [5.74, 6) is -0.253. The number of nitrogens with zero attached hydrogens (tertiary/aromatic N) is 1. The number of hydrogen-bond acceptors (Lipinski definition) is 4. The quantitative estimate of drug-likeness (QED) is 0.470. The Bertz CT molecular complexity index is 1380. The summed E-state index contributed by atoms with van der Waals surface area (Å²) in [5, 5.41) is 2.69. The van der Waals surface area contributed by atoms with Gasteiger partial charge in [-0.25, -0.2) is 0 Å².